The van der Waals surface area contributed by atoms with Crippen LogP contribution in [0.25, 0.3) is 11.1 Å². The monoisotopic (exact) mass is 643 g/mol. The minimum Gasteiger partial charge on any atom is -0.465 e. The Morgan fingerprint density at radius 2 is 1.55 bits per heavy atom. The molecular formula is C38H49N3O6. The lowest BCUT2D eigenvalue weighted by Gasteiger charge is -2.43. The third-order valence-electron chi connectivity index (χ3n) is 9.08. The van der Waals surface area contributed by atoms with Gasteiger partial charge in [0.05, 0.1) is 25.4 Å². The number of aliphatic hydroxyl groups is 1. The number of nitrogens with zero attached hydrogens (tertiary/aromatic N) is 1. The van der Waals surface area contributed by atoms with E-state index in [4.69, 9.17) is 14.2 Å². The summed E-state index contributed by atoms with van der Waals surface area (Å²) in [6.07, 6.45) is 5.64. The van der Waals surface area contributed by atoms with Gasteiger partial charge in [-0.3, -0.25) is 4.79 Å². The molecule has 9 heteroatoms. The summed E-state index contributed by atoms with van der Waals surface area (Å²) in [5.74, 6) is -0.335. The number of hydrogen-bond acceptors (Lipinski definition) is 7. The van der Waals surface area contributed by atoms with Crippen molar-refractivity contribution in [1.29, 1.82) is 0 Å². The quantitative estimate of drug-likeness (QED) is 0.212. The number of esters is 1. The molecular weight excluding hydrogens is 594 g/mol. The summed E-state index contributed by atoms with van der Waals surface area (Å²) in [4.78, 5) is 26.3. The lowest BCUT2D eigenvalue weighted by Crippen LogP contribution is -2.45. The van der Waals surface area contributed by atoms with Crippen LogP contribution in [0.15, 0.2) is 72.8 Å². The molecule has 0 saturated carbocycles. The maximum atomic E-state index is 12.2. The summed E-state index contributed by atoms with van der Waals surface area (Å²) < 4.78 is 18.4. The summed E-state index contributed by atoms with van der Waals surface area (Å²) in [5.41, 5.74) is 5.87. The molecule has 0 aromatic heterocycles. The highest BCUT2D eigenvalue weighted by Gasteiger charge is 2.39. The molecule has 3 aromatic rings. The van der Waals surface area contributed by atoms with Gasteiger partial charge in [0.2, 0.25) is 0 Å². The molecule has 0 spiro atoms. The molecule has 3 aromatic carbocycles. The molecule has 2 saturated heterocycles. The number of ether oxygens (including phenoxy) is 3. The Morgan fingerprint density at radius 1 is 0.851 bits per heavy atom. The SMILES string of the molecule is CCOC(=O)CNC(=O)NCc1cccc(-c2cccc([C@@H]3O[C@H](CN4CCCCCCC4)[C@H](C)[C@H](c4ccc(CO)cc4)O3)c2)c1. The van der Waals surface area contributed by atoms with Crippen molar-refractivity contribution in [2.45, 2.75) is 77.6 Å². The summed E-state index contributed by atoms with van der Waals surface area (Å²) in [6.45, 7) is 7.43. The summed E-state index contributed by atoms with van der Waals surface area (Å²) in [5, 5.41) is 14.9. The van der Waals surface area contributed by atoms with E-state index >= 15 is 0 Å². The van der Waals surface area contributed by atoms with Crippen LogP contribution < -0.4 is 10.6 Å². The van der Waals surface area contributed by atoms with Gasteiger partial charge in [0.1, 0.15) is 6.54 Å². The highest BCUT2D eigenvalue weighted by molar-refractivity contribution is 5.80. The zero-order valence-corrected chi connectivity index (χ0v) is 27.7. The van der Waals surface area contributed by atoms with Crippen LogP contribution >= 0.6 is 0 Å². The first kappa shape index (κ1) is 34.6. The summed E-state index contributed by atoms with van der Waals surface area (Å²) >= 11 is 0. The maximum Gasteiger partial charge on any atom is 0.325 e. The topological polar surface area (TPSA) is 109 Å². The number of amides is 2. The van der Waals surface area contributed by atoms with Gasteiger partial charge < -0.3 is 34.9 Å². The number of aliphatic hydroxyl groups excluding tert-OH is 1. The molecule has 252 valence electrons. The van der Waals surface area contributed by atoms with Crippen LogP contribution in [0.1, 0.15) is 80.6 Å². The third-order valence-corrected chi connectivity index (χ3v) is 9.08. The minimum absolute atomic E-state index is 0.0104. The second-order valence-corrected chi connectivity index (χ2v) is 12.6. The number of rotatable bonds is 11. The standard InChI is InChI=1S/C38H49N3O6/c1-3-45-35(43)24-40-38(44)39-23-29-11-9-12-31(21-29)32-13-10-14-33(22-32)37-46-34(25-41-19-7-5-4-6-8-20-41)27(2)36(47-37)30-17-15-28(26-42)16-18-30/h9-18,21-22,27,34,36-37,42H,3-8,19-20,23-26H2,1-2H3,(H2,39,40,44)/t27-,34+,36+,37+/m0/s1. The highest BCUT2D eigenvalue weighted by atomic mass is 16.7. The molecule has 47 heavy (non-hydrogen) atoms. The van der Waals surface area contributed by atoms with E-state index in [0.717, 1.165) is 53.0 Å². The first-order valence-electron chi connectivity index (χ1n) is 17.0. The summed E-state index contributed by atoms with van der Waals surface area (Å²) in [6, 6.07) is 23.9. The molecule has 2 heterocycles. The molecule has 2 aliphatic heterocycles. The summed E-state index contributed by atoms with van der Waals surface area (Å²) in [7, 11) is 0. The predicted molar refractivity (Wildman–Crippen MR) is 181 cm³/mol. The Bertz CT molecular complexity index is 1440. The van der Waals surface area contributed by atoms with Gasteiger partial charge in [0.25, 0.3) is 0 Å². The zero-order chi connectivity index (χ0) is 33.0. The van der Waals surface area contributed by atoms with Crippen molar-refractivity contribution in [3.05, 3.63) is 95.1 Å². The van der Waals surface area contributed by atoms with Crippen molar-refractivity contribution in [3.8, 4) is 11.1 Å². The van der Waals surface area contributed by atoms with Crippen molar-refractivity contribution in [2.24, 2.45) is 5.92 Å². The minimum atomic E-state index is -0.540. The number of carbonyl (C=O) groups is 2. The van der Waals surface area contributed by atoms with Crippen molar-refractivity contribution >= 4 is 12.0 Å². The largest absolute Gasteiger partial charge is 0.465 e. The molecule has 2 amide bonds. The molecule has 2 aliphatic rings. The van der Waals surface area contributed by atoms with Crippen molar-refractivity contribution in [3.63, 3.8) is 0 Å². The molecule has 2 fully saturated rings. The van der Waals surface area contributed by atoms with Crippen molar-refractivity contribution < 1.29 is 28.9 Å². The molecule has 0 bridgehead atoms. The second-order valence-electron chi connectivity index (χ2n) is 12.6. The number of carbonyl (C=O) groups excluding carboxylic acids is 2. The maximum absolute atomic E-state index is 12.2. The Hall–Kier alpha value is -3.76. The van der Waals surface area contributed by atoms with E-state index < -0.39 is 18.3 Å². The van der Waals surface area contributed by atoms with Gasteiger partial charge in [0, 0.05) is 24.6 Å². The van der Waals surface area contributed by atoms with Crippen LogP contribution in [-0.4, -0.2) is 60.9 Å². The normalized spacial score (nSPS) is 22.1. The van der Waals surface area contributed by atoms with Crippen LogP contribution in [-0.2, 0) is 32.2 Å². The van der Waals surface area contributed by atoms with Crippen LogP contribution in [0.3, 0.4) is 0 Å². The molecule has 5 rings (SSSR count). The van der Waals surface area contributed by atoms with Crippen LogP contribution in [0, 0.1) is 5.92 Å². The molecule has 0 radical (unpaired) electrons. The average molecular weight is 644 g/mol. The average Bonchev–Trinajstić information content (AvgIpc) is 3.08. The number of hydrogen-bond donors (Lipinski definition) is 3. The van der Waals surface area contributed by atoms with E-state index in [0.29, 0.717) is 6.54 Å². The smallest absolute Gasteiger partial charge is 0.325 e. The Morgan fingerprint density at radius 3 is 2.28 bits per heavy atom. The van der Waals surface area contributed by atoms with Crippen molar-refractivity contribution in [2.75, 3.05) is 32.8 Å². The first-order chi connectivity index (χ1) is 22.9. The van der Waals surface area contributed by atoms with Gasteiger partial charge in [-0.1, -0.05) is 86.8 Å². The molecule has 4 atom stereocenters. The predicted octanol–water partition coefficient (Wildman–Crippen LogP) is 6.27. The Labute approximate surface area is 278 Å². The molecule has 9 nitrogen and oxygen atoms in total. The van der Waals surface area contributed by atoms with Crippen molar-refractivity contribution in [1.82, 2.24) is 15.5 Å². The fraction of sp³-hybridized carbons (Fsp3) is 0.474. The van der Waals surface area contributed by atoms with Gasteiger partial charge in [0.15, 0.2) is 6.29 Å². The number of benzene rings is 3. The Kier molecular flexibility index (Phi) is 12.8. The molecule has 0 unspecified atom stereocenters. The van der Waals surface area contributed by atoms with Gasteiger partial charge in [-0.15, -0.1) is 0 Å². The van der Waals surface area contributed by atoms with Gasteiger partial charge >= 0.3 is 12.0 Å². The molecule has 3 N–H and O–H groups in total. The fourth-order valence-corrected chi connectivity index (χ4v) is 6.41. The second kappa shape index (κ2) is 17.4. The highest BCUT2D eigenvalue weighted by Crippen LogP contribution is 2.42. The van der Waals surface area contributed by atoms with Crippen LogP contribution in [0.2, 0.25) is 0 Å². The third kappa shape index (κ3) is 9.87. The van der Waals surface area contributed by atoms with Gasteiger partial charge in [-0.25, -0.2) is 4.79 Å². The van der Waals surface area contributed by atoms with Crippen LogP contribution in [0.4, 0.5) is 4.79 Å². The van der Waals surface area contributed by atoms with E-state index in [2.05, 4.69) is 52.8 Å². The van der Waals surface area contributed by atoms with Crippen LogP contribution in [0.5, 0.6) is 0 Å². The van der Waals surface area contributed by atoms with E-state index in [-0.39, 0.29) is 37.9 Å². The lowest BCUT2D eigenvalue weighted by molar-refractivity contribution is -0.276. The van der Waals surface area contributed by atoms with E-state index in [9.17, 15) is 14.7 Å². The molecule has 0 aliphatic carbocycles. The van der Waals surface area contributed by atoms with Gasteiger partial charge in [-0.05, 0) is 72.8 Å². The number of nitrogens with one attached hydrogen (secondary N) is 2. The fourth-order valence-electron chi connectivity index (χ4n) is 6.41. The van der Waals surface area contributed by atoms with E-state index in [1.807, 2.05) is 42.5 Å². The number of urea groups is 1. The number of likely N-dealkylation sites (tertiary alicyclic amines) is 1. The Balaban J connectivity index is 1.32. The van der Waals surface area contributed by atoms with E-state index in [1.54, 1.807) is 6.92 Å². The van der Waals surface area contributed by atoms with E-state index in [1.165, 1.54) is 32.1 Å². The zero-order valence-electron chi connectivity index (χ0n) is 27.7. The first-order valence-corrected chi connectivity index (χ1v) is 17.0. The lowest BCUT2D eigenvalue weighted by atomic mass is 9.89. The van der Waals surface area contributed by atoms with Gasteiger partial charge in [-0.2, -0.15) is 0 Å².